The second-order valence-electron chi connectivity index (χ2n) is 4.48. The maximum absolute atomic E-state index is 11.5. The van der Waals surface area contributed by atoms with Crippen LogP contribution in [0.25, 0.3) is 0 Å². The Morgan fingerprint density at radius 2 is 2.12 bits per heavy atom. The third kappa shape index (κ3) is 3.40. The van der Waals surface area contributed by atoms with Gasteiger partial charge in [0.2, 0.25) is 0 Å². The van der Waals surface area contributed by atoms with Crippen LogP contribution in [0, 0.1) is 12.8 Å². The minimum absolute atomic E-state index is 0.293. The normalized spacial score (nSPS) is 10.8. The molecule has 0 amide bonds. The van der Waals surface area contributed by atoms with E-state index >= 15 is 0 Å². The fourth-order valence-electron chi connectivity index (χ4n) is 1.60. The number of ether oxygens (including phenoxy) is 1. The first-order valence-corrected chi connectivity index (χ1v) is 5.72. The lowest BCUT2D eigenvalue weighted by Gasteiger charge is -2.07. The van der Waals surface area contributed by atoms with E-state index in [9.17, 15) is 4.79 Å². The van der Waals surface area contributed by atoms with Gasteiger partial charge in [-0.25, -0.2) is 4.79 Å². The molecule has 3 heteroatoms. The molecule has 0 aromatic carbocycles. The smallest absolute Gasteiger partial charge is 0.342 e. The highest BCUT2D eigenvalue weighted by Gasteiger charge is 2.08. The van der Waals surface area contributed by atoms with Gasteiger partial charge in [-0.15, -0.1) is 0 Å². The van der Waals surface area contributed by atoms with Crippen LogP contribution in [0.4, 0.5) is 0 Å². The highest BCUT2D eigenvalue weighted by atomic mass is 16.5. The van der Waals surface area contributed by atoms with Gasteiger partial charge in [-0.1, -0.05) is 20.3 Å². The third-order valence-electron chi connectivity index (χ3n) is 2.62. The molecule has 0 N–H and O–H groups in total. The van der Waals surface area contributed by atoms with Crippen molar-refractivity contribution in [1.29, 1.82) is 0 Å². The van der Waals surface area contributed by atoms with Crippen LogP contribution in [0.3, 0.4) is 0 Å². The molecule has 0 unspecified atom stereocenters. The second-order valence-corrected chi connectivity index (χ2v) is 4.48. The molecule has 0 atom stereocenters. The largest absolute Gasteiger partial charge is 0.496 e. The van der Waals surface area contributed by atoms with Gasteiger partial charge in [0.15, 0.2) is 0 Å². The summed E-state index contributed by atoms with van der Waals surface area (Å²) in [6.45, 7) is 6.08. The topological polar surface area (TPSA) is 39.4 Å². The number of hydrogen-bond acceptors (Lipinski definition) is 3. The van der Waals surface area contributed by atoms with Crippen LogP contribution in [0.2, 0.25) is 0 Å². The molecule has 0 radical (unpaired) electrons. The van der Waals surface area contributed by atoms with E-state index in [1.54, 1.807) is 14.0 Å². The van der Waals surface area contributed by atoms with Crippen molar-refractivity contribution in [1.82, 2.24) is 0 Å². The van der Waals surface area contributed by atoms with Crippen molar-refractivity contribution < 1.29 is 9.15 Å². The molecule has 0 saturated heterocycles. The Bertz CT molecular complexity index is 391. The van der Waals surface area contributed by atoms with E-state index in [0.29, 0.717) is 23.0 Å². The molecule has 1 heterocycles. The maximum Gasteiger partial charge on any atom is 0.342 e. The van der Waals surface area contributed by atoms with Crippen LogP contribution < -0.4 is 10.4 Å². The maximum atomic E-state index is 11.5. The molecule has 90 valence electrons. The van der Waals surface area contributed by atoms with E-state index in [1.807, 2.05) is 6.07 Å². The summed E-state index contributed by atoms with van der Waals surface area (Å²) in [6.07, 6.45) is 2.97. The van der Waals surface area contributed by atoms with Crippen molar-refractivity contribution >= 4 is 0 Å². The Kier molecular flexibility index (Phi) is 4.59. The van der Waals surface area contributed by atoms with E-state index in [1.165, 1.54) is 0 Å². The summed E-state index contributed by atoms with van der Waals surface area (Å²) in [5.41, 5.74) is 0.244. The van der Waals surface area contributed by atoms with Gasteiger partial charge >= 0.3 is 5.63 Å². The summed E-state index contributed by atoms with van der Waals surface area (Å²) in [5.74, 6) is 2.02. The lowest BCUT2D eigenvalue weighted by molar-refractivity contribution is 0.383. The first-order chi connectivity index (χ1) is 7.54. The first-order valence-electron chi connectivity index (χ1n) is 5.72. The Labute approximate surface area is 96.4 Å². The molecule has 16 heavy (non-hydrogen) atoms. The number of hydrogen-bond donors (Lipinski definition) is 0. The summed E-state index contributed by atoms with van der Waals surface area (Å²) in [6, 6.07) is 1.82. The molecule has 0 aliphatic heterocycles. The zero-order chi connectivity index (χ0) is 12.1. The lowest BCUT2D eigenvalue weighted by Crippen LogP contribution is -2.07. The first kappa shape index (κ1) is 12.8. The zero-order valence-electron chi connectivity index (χ0n) is 10.5. The minimum Gasteiger partial charge on any atom is -0.496 e. The highest BCUT2D eigenvalue weighted by Crippen LogP contribution is 2.17. The molecular weight excluding hydrogens is 204 g/mol. The van der Waals surface area contributed by atoms with Gasteiger partial charge in [-0.05, 0) is 19.3 Å². The average molecular weight is 224 g/mol. The monoisotopic (exact) mass is 224 g/mol. The number of aryl methyl sites for hydroxylation is 1. The Morgan fingerprint density at radius 1 is 1.44 bits per heavy atom. The molecule has 0 spiro atoms. The summed E-state index contributed by atoms with van der Waals surface area (Å²) in [4.78, 5) is 11.5. The lowest BCUT2D eigenvalue weighted by atomic mass is 10.1. The minimum atomic E-state index is -0.293. The standard InChI is InChI=1S/C13H20O3/c1-9(2)6-5-7-11-8-12(15-4)10(3)13(14)16-11/h8-9H,5-7H2,1-4H3. The molecule has 1 rings (SSSR count). The fraction of sp³-hybridized carbons (Fsp3) is 0.615. The fourth-order valence-corrected chi connectivity index (χ4v) is 1.60. The summed E-state index contributed by atoms with van der Waals surface area (Å²) >= 11 is 0. The number of rotatable bonds is 5. The van der Waals surface area contributed by atoms with E-state index in [-0.39, 0.29) is 5.63 Å². The van der Waals surface area contributed by atoms with Crippen LogP contribution >= 0.6 is 0 Å². The summed E-state index contributed by atoms with van der Waals surface area (Å²) in [5, 5.41) is 0. The van der Waals surface area contributed by atoms with Crippen LogP contribution in [-0.2, 0) is 6.42 Å². The van der Waals surface area contributed by atoms with Crippen LogP contribution in [-0.4, -0.2) is 7.11 Å². The second kappa shape index (κ2) is 5.73. The summed E-state index contributed by atoms with van der Waals surface area (Å²) in [7, 11) is 1.57. The van der Waals surface area contributed by atoms with Gasteiger partial charge in [0.25, 0.3) is 0 Å². The third-order valence-corrected chi connectivity index (χ3v) is 2.62. The molecule has 0 aliphatic rings. The Morgan fingerprint density at radius 3 is 2.69 bits per heavy atom. The molecule has 3 nitrogen and oxygen atoms in total. The molecule has 0 saturated carbocycles. The van der Waals surface area contributed by atoms with Gasteiger partial charge in [-0.2, -0.15) is 0 Å². The van der Waals surface area contributed by atoms with Crippen LogP contribution in [0.1, 0.15) is 38.0 Å². The quantitative estimate of drug-likeness (QED) is 0.772. The van der Waals surface area contributed by atoms with E-state index in [0.717, 1.165) is 19.3 Å². The van der Waals surface area contributed by atoms with E-state index in [2.05, 4.69) is 13.8 Å². The van der Waals surface area contributed by atoms with Gasteiger partial charge in [-0.3, -0.25) is 0 Å². The Balaban J connectivity index is 2.74. The van der Waals surface area contributed by atoms with Gasteiger partial charge in [0, 0.05) is 12.5 Å². The van der Waals surface area contributed by atoms with Crippen molar-refractivity contribution in [3.63, 3.8) is 0 Å². The van der Waals surface area contributed by atoms with Crippen molar-refractivity contribution in [3.8, 4) is 5.75 Å². The SMILES string of the molecule is COc1cc(CCCC(C)C)oc(=O)c1C. The van der Waals surface area contributed by atoms with Crippen molar-refractivity contribution in [2.24, 2.45) is 5.92 Å². The predicted molar refractivity (Wildman–Crippen MR) is 64.0 cm³/mol. The van der Waals surface area contributed by atoms with Crippen LogP contribution in [0.5, 0.6) is 5.75 Å². The van der Waals surface area contributed by atoms with Crippen molar-refractivity contribution in [2.75, 3.05) is 7.11 Å². The van der Waals surface area contributed by atoms with Crippen molar-refractivity contribution in [2.45, 2.75) is 40.0 Å². The van der Waals surface area contributed by atoms with Gasteiger partial charge in [0.1, 0.15) is 11.5 Å². The van der Waals surface area contributed by atoms with E-state index < -0.39 is 0 Å². The zero-order valence-corrected chi connectivity index (χ0v) is 10.5. The molecule has 0 aliphatic carbocycles. The van der Waals surface area contributed by atoms with Crippen molar-refractivity contribution in [3.05, 3.63) is 27.8 Å². The molecule has 1 aromatic heterocycles. The Hall–Kier alpha value is -1.25. The van der Waals surface area contributed by atoms with Crippen LogP contribution in [0.15, 0.2) is 15.3 Å². The number of methoxy groups -OCH3 is 1. The molecule has 1 aromatic rings. The molecular formula is C13H20O3. The highest BCUT2D eigenvalue weighted by molar-refractivity contribution is 5.30. The van der Waals surface area contributed by atoms with Gasteiger partial charge in [0.05, 0.1) is 12.7 Å². The van der Waals surface area contributed by atoms with E-state index in [4.69, 9.17) is 9.15 Å². The van der Waals surface area contributed by atoms with Gasteiger partial charge < -0.3 is 9.15 Å². The molecule has 0 bridgehead atoms. The average Bonchev–Trinajstić information content (AvgIpc) is 2.22. The predicted octanol–water partition coefficient (Wildman–Crippen LogP) is 2.94. The molecule has 0 fully saturated rings. The summed E-state index contributed by atoms with van der Waals surface area (Å²) < 4.78 is 10.3.